The lowest BCUT2D eigenvalue weighted by Gasteiger charge is -2.05. The van der Waals surface area contributed by atoms with Gasteiger partial charge in [0.2, 0.25) is 0 Å². The van der Waals surface area contributed by atoms with Crippen molar-refractivity contribution in [3.63, 3.8) is 0 Å². The van der Waals surface area contributed by atoms with Crippen LogP contribution in [0.25, 0.3) is 10.9 Å². The van der Waals surface area contributed by atoms with Crippen LogP contribution in [0.2, 0.25) is 5.02 Å². The number of H-pyrrole nitrogens is 1. The molecule has 1 heterocycles. The van der Waals surface area contributed by atoms with Crippen LogP contribution in [0.3, 0.4) is 0 Å². The second-order valence-corrected chi connectivity index (χ2v) is 5.26. The quantitative estimate of drug-likeness (QED) is 0.649. The summed E-state index contributed by atoms with van der Waals surface area (Å²) in [5.41, 5.74) is 8.80. The number of fused-ring (bicyclic) bond motifs is 1. The zero-order chi connectivity index (χ0) is 14.8. The maximum atomic E-state index is 12.3. The smallest absolute Gasteiger partial charge is 0.253 e. The summed E-state index contributed by atoms with van der Waals surface area (Å²) >= 11 is 5.92. The first kappa shape index (κ1) is 13.5. The molecule has 0 radical (unpaired) electrons. The molecule has 4 nitrogen and oxygen atoms in total. The Morgan fingerprint density at radius 3 is 2.90 bits per heavy atom. The van der Waals surface area contributed by atoms with E-state index in [2.05, 4.69) is 10.3 Å². The summed E-state index contributed by atoms with van der Waals surface area (Å²) in [7, 11) is 0. The van der Waals surface area contributed by atoms with E-state index in [1.54, 1.807) is 18.3 Å². The van der Waals surface area contributed by atoms with Gasteiger partial charge in [0.25, 0.3) is 5.91 Å². The number of nitrogens with two attached hydrogens (primary N) is 1. The fraction of sp³-hybridized carbons (Fsp3) is 0.0625. The maximum absolute atomic E-state index is 12.3. The molecule has 5 heteroatoms. The predicted molar refractivity (Wildman–Crippen MR) is 85.3 cm³/mol. The molecule has 106 valence electrons. The van der Waals surface area contributed by atoms with E-state index in [4.69, 9.17) is 17.3 Å². The summed E-state index contributed by atoms with van der Waals surface area (Å²) < 4.78 is 0. The Bertz CT molecular complexity index is 810. The Labute approximate surface area is 126 Å². The largest absolute Gasteiger partial charge is 0.399 e. The molecule has 0 aliphatic heterocycles. The van der Waals surface area contributed by atoms with Crippen LogP contribution in [0.4, 0.5) is 5.69 Å². The number of amides is 1. The Morgan fingerprint density at radius 2 is 2.10 bits per heavy atom. The van der Waals surface area contributed by atoms with Crippen LogP contribution < -0.4 is 11.1 Å². The Morgan fingerprint density at radius 1 is 1.24 bits per heavy atom. The molecule has 0 saturated heterocycles. The van der Waals surface area contributed by atoms with Gasteiger partial charge in [0.05, 0.1) is 5.56 Å². The molecule has 0 bridgehead atoms. The summed E-state index contributed by atoms with van der Waals surface area (Å²) in [5, 5.41) is 4.40. The minimum Gasteiger partial charge on any atom is -0.399 e. The lowest BCUT2D eigenvalue weighted by molar-refractivity contribution is 0.0952. The van der Waals surface area contributed by atoms with Crippen LogP contribution in [-0.4, -0.2) is 10.9 Å². The predicted octanol–water partition coefficient (Wildman–Crippen LogP) is 3.33. The van der Waals surface area contributed by atoms with Crippen LogP contribution in [0.1, 0.15) is 15.9 Å². The van der Waals surface area contributed by atoms with E-state index >= 15 is 0 Å². The number of halogens is 1. The van der Waals surface area contributed by atoms with E-state index in [-0.39, 0.29) is 5.91 Å². The molecular weight excluding hydrogens is 286 g/mol. The lowest BCUT2D eigenvalue weighted by Crippen LogP contribution is -2.22. The van der Waals surface area contributed by atoms with Gasteiger partial charge in [-0.25, -0.2) is 0 Å². The van der Waals surface area contributed by atoms with E-state index in [9.17, 15) is 4.79 Å². The van der Waals surface area contributed by atoms with Crippen molar-refractivity contribution in [2.45, 2.75) is 6.54 Å². The van der Waals surface area contributed by atoms with E-state index < -0.39 is 0 Å². The van der Waals surface area contributed by atoms with Crippen molar-refractivity contribution in [1.82, 2.24) is 10.3 Å². The van der Waals surface area contributed by atoms with Crippen molar-refractivity contribution in [2.24, 2.45) is 0 Å². The lowest BCUT2D eigenvalue weighted by atomic mass is 10.1. The highest BCUT2D eigenvalue weighted by Gasteiger charge is 2.11. The zero-order valence-electron chi connectivity index (χ0n) is 11.2. The van der Waals surface area contributed by atoms with Crippen molar-refractivity contribution < 1.29 is 4.79 Å². The molecule has 3 aromatic rings. The van der Waals surface area contributed by atoms with Gasteiger partial charge in [-0.15, -0.1) is 0 Å². The zero-order valence-corrected chi connectivity index (χ0v) is 11.9. The highest BCUT2D eigenvalue weighted by atomic mass is 35.5. The van der Waals surface area contributed by atoms with E-state index in [1.807, 2.05) is 30.3 Å². The van der Waals surface area contributed by atoms with Gasteiger partial charge in [0, 0.05) is 34.4 Å². The highest BCUT2D eigenvalue weighted by molar-refractivity contribution is 6.30. The molecule has 0 aliphatic rings. The highest BCUT2D eigenvalue weighted by Crippen LogP contribution is 2.20. The number of hydrogen-bond donors (Lipinski definition) is 3. The molecule has 0 saturated carbocycles. The van der Waals surface area contributed by atoms with Gasteiger partial charge < -0.3 is 16.0 Å². The monoisotopic (exact) mass is 299 g/mol. The van der Waals surface area contributed by atoms with Gasteiger partial charge >= 0.3 is 0 Å². The Kier molecular flexibility index (Phi) is 3.54. The second-order valence-electron chi connectivity index (χ2n) is 4.82. The number of aromatic amines is 1. The summed E-state index contributed by atoms with van der Waals surface area (Å²) in [6, 6.07) is 12.8. The molecule has 1 amide bonds. The minimum absolute atomic E-state index is 0.133. The number of carbonyl (C=O) groups excluding carboxylic acids is 1. The molecule has 3 rings (SSSR count). The SMILES string of the molecule is Nc1ccc2c(C(=O)NCc3cccc(Cl)c3)c[nH]c2c1. The average molecular weight is 300 g/mol. The van der Waals surface area contributed by atoms with Crippen LogP contribution in [0.15, 0.2) is 48.7 Å². The van der Waals surface area contributed by atoms with Crippen LogP contribution in [0, 0.1) is 0 Å². The Balaban J connectivity index is 1.78. The number of hydrogen-bond acceptors (Lipinski definition) is 2. The first-order valence-electron chi connectivity index (χ1n) is 6.53. The van der Waals surface area contributed by atoms with Crippen LogP contribution >= 0.6 is 11.6 Å². The van der Waals surface area contributed by atoms with E-state index in [1.165, 1.54) is 0 Å². The van der Waals surface area contributed by atoms with Crippen LogP contribution in [-0.2, 0) is 6.54 Å². The number of nitrogens with one attached hydrogen (secondary N) is 2. The molecule has 0 atom stereocenters. The number of benzene rings is 2. The molecule has 1 aromatic heterocycles. The Hall–Kier alpha value is -2.46. The van der Waals surface area contributed by atoms with Crippen molar-refractivity contribution in [3.8, 4) is 0 Å². The van der Waals surface area contributed by atoms with Gasteiger partial charge in [-0.05, 0) is 35.9 Å². The fourth-order valence-corrected chi connectivity index (χ4v) is 2.47. The van der Waals surface area contributed by atoms with Crippen molar-refractivity contribution >= 4 is 34.1 Å². The standard InChI is InChI=1S/C16H14ClN3O/c17-11-3-1-2-10(6-11)8-20-16(21)14-9-19-15-7-12(18)4-5-13(14)15/h1-7,9,19H,8,18H2,(H,20,21). The third-order valence-corrected chi connectivity index (χ3v) is 3.53. The molecule has 2 aromatic carbocycles. The molecule has 0 unspecified atom stereocenters. The van der Waals surface area contributed by atoms with Crippen molar-refractivity contribution in [3.05, 3.63) is 64.8 Å². The average Bonchev–Trinajstić information content (AvgIpc) is 2.88. The summed E-state index contributed by atoms with van der Waals surface area (Å²) in [4.78, 5) is 15.3. The number of rotatable bonds is 3. The second kappa shape index (κ2) is 5.50. The molecule has 0 spiro atoms. The van der Waals surface area contributed by atoms with Gasteiger partial charge in [-0.3, -0.25) is 4.79 Å². The number of anilines is 1. The third-order valence-electron chi connectivity index (χ3n) is 3.29. The topological polar surface area (TPSA) is 70.9 Å². The summed E-state index contributed by atoms with van der Waals surface area (Å²) in [6.07, 6.45) is 1.69. The first-order valence-corrected chi connectivity index (χ1v) is 6.90. The van der Waals surface area contributed by atoms with Gasteiger partial charge in [0.15, 0.2) is 0 Å². The van der Waals surface area contributed by atoms with Crippen molar-refractivity contribution in [1.29, 1.82) is 0 Å². The number of carbonyl (C=O) groups is 1. The van der Waals surface area contributed by atoms with Crippen molar-refractivity contribution in [2.75, 3.05) is 5.73 Å². The molecule has 21 heavy (non-hydrogen) atoms. The minimum atomic E-state index is -0.133. The molecule has 0 fully saturated rings. The van der Waals surface area contributed by atoms with Gasteiger partial charge in [-0.2, -0.15) is 0 Å². The summed E-state index contributed by atoms with van der Waals surface area (Å²) in [5.74, 6) is -0.133. The molecular formula is C16H14ClN3O. The number of aromatic nitrogens is 1. The van der Waals surface area contributed by atoms with E-state index in [0.717, 1.165) is 16.5 Å². The van der Waals surface area contributed by atoms with Gasteiger partial charge in [-0.1, -0.05) is 23.7 Å². The van der Waals surface area contributed by atoms with E-state index in [0.29, 0.717) is 22.8 Å². The fourth-order valence-electron chi connectivity index (χ4n) is 2.26. The first-order chi connectivity index (χ1) is 10.1. The molecule has 0 aliphatic carbocycles. The summed E-state index contributed by atoms with van der Waals surface area (Å²) in [6.45, 7) is 0.432. The molecule has 4 N–H and O–H groups in total. The normalized spacial score (nSPS) is 10.7. The third kappa shape index (κ3) is 2.85. The van der Waals surface area contributed by atoms with Crippen LogP contribution in [0.5, 0.6) is 0 Å². The van der Waals surface area contributed by atoms with Gasteiger partial charge in [0.1, 0.15) is 0 Å². The number of nitrogen functional groups attached to an aromatic ring is 1. The maximum Gasteiger partial charge on any atom is 0.253 e.